The van der Waals surface area contributed by atoms with E-state index in [1.807, 2.05) is 0 Å². The summed E-state index contributed by atoms with van der Waals surface area (Å²) >= 11 is 0. The van der Waals surface area contributed by atoms with E-state index in [1.165, 1.54) is 30.1 Å². The summed E-state index contributed by atoms with van der Waals surface area (Å²) in [5.74, 6) is -0.430. The van der Waals surface area contributed by atoms with Crippen molar-refractivity contribution in [1.29, 1.82) is 0 Å². The summed E-state index contributed by atoms with van der Waals surface area (Å²) in [5.41, 5.74) is 5.23. The number of hydrogen-bond donors (Lipinski definition) is 2. The number of aromatic amines is 1. The Morgan fingerprint density at radius 3 is 2.68 bits per heavy atom. The highest BCUT2D eigenvalue weighted by molar-refractivity contribution is 7.90. The molecule has 0 amide bonds. The third-order valence-corrected chi connectivity index (χ3v) is 5.65. The number of hydrogen-bond acceptors (Lipinski definition) is 6. The van der Waals surface area contributed by atoms with Crippen LogP contribution in [-0.2, 0) is 28.1 Å². The van der Waals surface area contributed by atoms with Crippen LogP contribution >= 0.6 is 0 Å². The van der Waals surface area contributed by atoms with Gasteiger partial charge in [-0.3, -0.25) is 24.6 Å². The lowest BCUT2D eigenvalue weighted by atomic mass is 9.96. The second kappa shape index (κ2) is 5.17. The van der Waals surface area contributed by atoms with Crippen LogP contribution in [0.15, 0.2) is 33.6 Å². The molecule has 1 aromatic heterocycles. The number of rotatable bonds is 3. The lowest BCUT2D eigenvalue weighted by molar-refractivity contribution is 0.103. The smallest absolute Gasteiger partial charge is 0.277 e. The van der Waals surface area contributed by atoms with E-state index in [-0.39, 0.29) is 10.5 Å². The van der Waals surface area contributed by atoms with Crippen LogP contribution in [0.3, 0.4) is 0 Å². The van der Waals surface area contributed by atoms with Crippen molar-refractivity contribution in [2.45, 2.75) is 11.3 Å². The number of aryl methyl sites for hydroxylation is 1. The summed E-state index contributed by atoms with van der Waals surface area (Å²) in [4.78, 5) is 30.3. The van der Waals surface area contributed by atoms with Crippen LogP contribution in [0, 0.1) is 0 Å². The maximum Gasteiger partial charge on any atom is 0.277 e. The molecule has 0 fully saturated rings. The minimum atomic E-state index is -3.49. The van der Waals surface area contributed by atoms with Crippen LogP contribution in [0.4, 0.5) is 0 Å². The monoisotopic (exact) mass is 361 g/mol. The van der Waals surface area contributed by atoms with Crippen molar-refractivity contribution < 1.29 is 18.0 Å². The Bertz CT molecular complexity index is 1120. The van der Waals surface area contributed by atoms with Gasteiger partial charge >= 0.3 is 0 Å². The molecular weight excluding hydrogens is 346 g/mol. The van der Waals surface area contributed by atoms with Gasteiger partial charge in [-0.05, 0) is 29.7 Å². The van der Waals surface area contributed by atoms with E-state index in [0.29, 0.717) is 35.4 Å². The largest absolute Gasteiger partial charge is 0.302 e. The summed E-state index contributed by atoms with van der Waals surface area (Å²) in [6.07, 6.45) is 2.90. The third-order valence-electron chi connectivity index (χ3n) is 4.52. The zero-order valence-electron chi connectivity index (χ0n) is 13.5. The fourth-order valence-electron chi connectivity index (χ4n) is 3.30. The van der Waals surface area contributed by atoms with Crippen molar-refractivity contribution in [3.8, 4) is 0 Å². The molecule has 25 heavy (non-hydrogen) atoms. The predicted molar refractivity (Wildman–Crippen MR) is 88.7 cm³/mol. The number of fused-ring (bicyclic) bond motifs is 2. The van der Waals surface area contributed by atoms with Gasteiger partial charge in [-0.2, -0.15) is 0 Å². The van der Waals surface area contributed by atoms with E-state index < -0.39 is 21.2 Å². The molecule has 0 atom stereocenters. The van der Waals surface area contributed by atoms with Gasteiger partial charge in [0.2, 0.25) is 0 Å². The molecule has 1 aliphatic heterocycles. The molecule has 2 N–H and O–H groups in total. The minimum absolute atomic E-state index is 0.0214. The Hall–Kier alpha value is -2.65. The molecule has 0 unspecified atom stereocenters. The Kier molecular flexibility index (Phi) is 3.28. The van der Waals surface area contributed by atoms with Gasteiger partial charge < -0.3 is 5.10 Å². The van der Waals surface area contributed by atoms with Crippen LogP contribution in [0.1, 0.15) is 27.0 Å². The van der Waals surface area contributed by atoms with Crippen LogP contribution in [0.25, 0.3) is 5.70 Å². The lowest BCUT2D eigenvalue weighted by Gasteiger charge is -2.14. The maximum absolute atomic E-state index is 12.9. The van der Waals surface area contributed by atoms with E-state index >= 15 is 0 Å². The molecule has 9 heteroatoms. The molecule has 0 bridgehead atoms. The number of benzene rings is 1. The van der Waals surface area contributed by atoms with E-state index in [4.69, 9.17) is 4.84 Å². The van der Waals surface area contributed by atoms with Crippen molar-refractivity contribution in [3.05, 3.63) is 56.5 Å². The van der Waals surface area contributed by atoms with Gasteiger partial charge in [-0.15, -0.1) is 0 Å². The average molecular weight is 361 g/mol. The van der Waals surface area contributed by atoms with Crippen molar-refractivity contribution in [3.63, 3.8) is 0 Å². The maximum atomic E-state index is 12.9. The van der Waals surface area contributed by atoms with Gasteiger partial charge in [0.1, 0.15) is 5.56 Å². The number of hydroxylamine groups is 1. The summed E-state index contributed by atoms with van der Waals surface area (Å²) in [6.45, 7) is 0.326. The molecule has 1 aromatic carbocycles. The Morgan fingerprint density at radius 1 is 1.28 bits per heavy atom. The first-order valence-corrected chi connectivity index (χ1v) is 9.43. The molecule has 4 rings (SSSR count). The molecule has 0 radical (unpaired) electrons. The zero-order chi connectivity index (χ0) is 17.9. The summed E-state index contributed by atoms with van der Waals surface area (Å²) in [7, 11) is -1.97. The highest BCUT2D eigenvalue weighted by Gasteiger charge is 2.34. The van der Waals surface area contributed by atoms with Crippen molar-refractivity contribution in [2.24, 2.45) is 7.05 Å². The molecule has 1 aliphatic carbocycles. The third kappa shape index (κ3) is 2.27. The molecule has 2 aliphatic rings. The van der Waals surface area contributed by atoms with Crippen LogP contribution in [0.2, 0.25) is 0 Å². The van der Waals surface area contributed by atoms with Gasteiger partial charge in [0.05, 0.1) is 17.2 Å². The number of sulfone groups is 1. The molecule has 2 aromatic rings. The number of carbonyl (C=O) groups is 1. The second-order valence-electron chi connectivity index (χ2n) is 6.16. The molecule has 0 saturated heterocycles. The summed E-state index contributed by atoms with van der Waals surface area (Å²) < 4.78 is 25.5. The molecule has 0 saturated carbocycles. The minimum Gasteiger partial charge on any atom is -0.302 e. The number of nitrogens with zero attached hydrogens (tertiary/aromatic N) is 1. The number of carbonyl (C=O) groups excluding carboxylic acids is 1. The first kappa shape index (κ1) is 15.9. The van der Waals surface area contributed by atoms with E-state index in [9.17, 15) is 18.0 Å². The normalized spacial score (nSPS) is 15.9. The SMILES string of the molecule is Cn1[nH]cc(C(=O)c2ccc(S(C)(=O)=O)c3c2CC2=C3NOC2)c1=O. The fraction of sp³-hybridized carbons (Fsp3) is 0.250. The first-order valence-electron chi connectivity index (χ1n) is 7.54. The Balaban J connectivity index is 1.94. The van der Waals surface area contributed by atoms with Crippen LogP contribution < -0.4 is 11.0 Å². The Labute approximate surface area is 143 Å². The first-order chi connectivity index (χ1) is 11.8. The zero-order valence-corrected chi connectivity index (χ0v) is 14.4. The molecule has 0 spiro atoms. The number of aromatic nitrogens is 2. The van der Waals surface area contributed by atoms with Crippen LogP contribution in [0.5, 0.6) is 0 Å². The summed E-state index contributed by atoms with van der Waals surface area (Å²) in [6, 6.07) is 2.89. The van der Waals surface area contributed by atoms with Gasteiger partial charge in [0, 0.05) is 30.6 Å². The summed E-state index contributed by atoms with van der Waals surface area (Å²) in [5, 5.41) is 2.68. The van der Waals surface area contributed by atoms with Gasteiger partial charge in [-0.1, -0.05) is 0 Å². The predicted octanol–water partition coefficient (Wildman–Crippen LogP) is 0.150. The van der Waals surface area contributed by atoms with Gasteiger partial charge in [0.15, 0.2) is 15.6 Å². The standard InChI is InChI=1S/C16H15N3O5S/c1-19-16(21)11(6-17-19)15(20)9-3-4-12(25(2,22)23)13-10(9)5-8-7-24-18-14(8)13/h3-4,6,17-18H,5,7H2,1-2H3. The highest BCUT2D eigenvalue weighted by atomic mass is 32.2. The molecule has 130 valence electrons. The fourth-order valence-corrected chi connectivity index (χ4v) is 4.21. The van der Waals surface area contributed by atoms with Crippen molar-refractivity contribution >= 4 is 21.3 Å². The average Bonchev–Trinajstić information content (AvgIpc) is 3.21. The van der Waals surface area contributed by atoms with Crippen molar-refractivity contribution in [2.75, 3.05) is 12.9 Å². The van der Waals surface area contributed by atoms with Crippen molar-refractivity contribution in [1.82, 2.24) is 15.3 Å². The van der Waals surface area contributed by atoms with E-state index in [0.717, 1.165) is 11.8 Å². The van der Waals surface area contributed by atoms with Gasteiger partial charge in [0.25, 0.3) is 5.56 Å². The van der Waals surface area contributed by atoms with Gasteiger partial charge in [-0.25, -0.2) is 8.42 Å². The molecular formula is C16H15N3O5S. The second-order valence-corrected chi connectivity index (χ2v) is 8.15. The number of nitrogens with one attached hydrogen (secondary N) is 2. The molecule has 2 heterocycles. The number of H-pyrrole nitrogens is 1. The lowest BCUT2D eigenvalue weighted by Crippen LogP contribution is -2.21. The van der Waals surface area contributed by atoms with E-state index in [2.05, 4.69) is 10.6 Å². The Morgan fingerprint density at radius 2 is 2.04 bits per heavy atom. The number of ketones is 1. The topological polar surface area (TPSA) is 110 Å². The van der Waals surface area contributed by atoms with Crippen LogP contribution in [-0.4, -0.2) is 36.8 Å². The molecule has 8 nitrogen and oxygen atoms in total. The van der Waals surface area contributed by atoms with E-state index in [1.54, 1.807) is 0 Å². The highest BCUT2D eigenvalue weighted by Crippen LogP contribution is 2.40. The quantitative estimate of drug-likeness (QED) is 0.753.